The fraction of sp³-hybridized carbons (Fsp3) is 0.200. The fourth-order valence-corrected chi connectivity index (χ4v) is 0.729. The SMILES string of the molecule is NC1=NC(Cl)NC=C1C=O. The molecule has 1 unspecified atom stereocenters. The molecule has 0 saturated carbocycles. The highest BCUT2D eigenvalue weighted by Gasteiger charge is 2.09. The van der Waals surface area contributed by atoms with Crippen LogP contribution in [0.15, 0.2) is 16.8 Å². The maximum atomic E-state index is 10.2. The molecule has 5 heteroatoms. The molecule has 0 saturated heterocycles. The number of aldehydes is 1. The van der Waals surface area contributed by atoms with E-state index in [2.05, 4.69) is 10.3 Å². The number of alkyl halides is 1. The van der Waals surface area contributed by atoms with Gasteiger partial charge in [0, 0.05) is 6.20 Å². The Hall–Kier alpha value is -1.03. The highest BCUT2D eigenvalue weighted by Crippen LogP contribution is 2.02. The molecule has 4 nitrogen and oxygen atoms in total. The van der Waals surface area contributed by atoms with Crippen molar-refractivity contribution in [3.63, 3.8) is 0 Å². The van der Waals surface area contributed by atoms with Gasteiger partial charge in [-0.15, -0.1) is 0 Å². The van der Waals surface area contributed by atoms with Crippen LogP contribution >= 0.6 is 11.6 Å². The summed E-state index contributed by atoms with van der Waals surface area (Å²) in [6.07, 6.45) is 2.06. The average Bonchev–Trinajstić information content (AvgIpc) is 1.88. The molecule has 1 rings (SSSR count). The van der Waals surface area contributed by atoms with Crippen molar-refractivity contribution in [2.75, 3.05) is 0 Å². The number of nitrogens with two attached hydrogens (primary N) is 1. The van der Waals surface area contributed by atoms with Crippen LogP contribution in [-0.4, -0.2) is 17.7 Å². The van der Waals surface area contributed by atoms with E-state index in [-0.39, 0.29) is 5.84 Å². The number of aliphatic imine (C=N–C) groups is 1. The molecule has 0 aromatic rings. The van der Waals surface area contributed by atoms with Crippen LogP contribution in [0, 0.1) is 0 Å². The molecular weight excluding hydrogens is 154 g/mol. The first-order chi connectivity index (χ1) is 4.74. The number of halogens is 1. The molecule has 0 fully saturated rings. The number of hydrogen-bond acceptors (Lipinski definition) is 4. The standard InChI is InChI=1S/C5H6ClN3O/c6-5-8-1-3(2-10)4(7)9-5/h1-2,5,8H,(H2,7,9). The van der Waals surface area contributed by atoms with Gasteiger partial charge in [-0.2, -0.15) is 0 Å². The van der Waals surface area contributed by atoms with E-state index in [1.54, 1.807) is 0 Å². The Bertz CT molecular complexity index is 211. The number of carbonyl (C=O) groups excluding carboxylic acids is 1. The van der Waals surface area contributed by atoms with Gasteiger partial charge in [0.1, 0.15) is 5.84 Å². The van der Waals surface area contributed by atoms with E-state index >= 15 is 0 Å². The van der Waals surface area contributed by atoms with Gasteiger partial charge in [-0.05, 0) is 0 Å². The molecule has 1 atom stereocenters. The summed E-state index contributed by atoms with van der Waals surface area (Å²) in [5.41, 5.74) is 5.08. The van der Waals surface area contributed by atoms with E-state index in [4.69, 9.17) is 17.3 Å². The first kappa shape index (κ1) is 7.08. The summed E-state index contributed by atoms with van der Waals surface area (Å²) < 4.78 is 0. The predicted octanol–water partition coefficient (Wildman–Crippen LogP) is -0.448. The van der Waals surface area contributed by atoms with Crippen molar-refractivity contribution in [2.45, 2.75) is 5.62 Å². The maximum absolute atomic E-state index is 10.2. The molecule has 0 radical (unpaired) electrons. The number of nitrogens with one attached hydrogen (secondary N) is 1. The minimum Gasteiger partial charge on any atom is -0.383 e. The van der Waals surface area contributed by atoms with E-state index in [0.717, 1.165) is 0 Å². The van der Waals surface area contributed by atoms with E-state index in [1.807, 2.05) is 0 Å². The molecule has 54 valence electrons. The third-order valence-electron chi connectivity index (χ3n) is 1.05. The summed E-state index contributed by atoms with van der Waals surface area (Å²) in [6.45, 7) is 0. The Morgan fingerprint density at radius 3 is 3.10 bits per heavy atom. The van der Waals surface area contributed by atoms with Crippen molar-refractivity contribution < 1.29 is 4.79 Å². The van der Waals surface area contributed by atoms with E-state index < -0.39 is 5.62 Å². The maximum Gasteiger partial charge on any atom is 0.197 e. The molecular formula is C5H6ClN3O. The molecule has 1 aliphatic heterocycles. The Balaban J connectivity index is 2.81. The van der Waals surface area contributed by atoms with Gasteiger partial charge in [0.25, 0.3) is 0 Å². The first-order valence-corrected chi connectivity index (χ1v) is 3.07. The molecule has 0 aromatic carbocycles. The van der Waals surface area contributed by atoms with Crippen molar-refractivity contribution in [3.8, 4) is 0 Å². The minimum atomic E-state index is -0.552. The van der Waals surface area contributed by atoms with Gasteiger partial charge >= 0.3 is 0 Å². The van der Waals surface area contributed by atoms with Gasteiger partial charge in [-0.1, -0.05) is 11.6 Å². The number of carbonyl (C=O) groups is 1. The topological polar surface area (TPSA) is 67.5 Å². The summed E-state index contributed by atoms with van der Waals surface area (Å²) in [5, 5.41) is 2.62. The first-order valence-electron chi connectivity index (χ1n) is 2.63. The van der Waals surface area contributed by atoms with Gasteiger partial charge in [0.15, 0.2) is 11.9 Å². The minimum absolute atomic E-state index is 0.175. The highest BCUT2D eigenvalue weighted by molar-refractivity contribution is 6.23. The van der Waals surface area contributed by atoms with Crippen LogP contribution in [0.1, 0.15) is 0 Å². The summed E-state index contributed by atoms with van der Waals surface area (Å²) in [7, 11) is 0. The molecule has 0 aromatic heterocycles. The fourth-order valence-electron chi connectivity index (χ4n) is 0.561. The zero-order valence-electron chi connectivity index (χ0n) is 5.04. The van der Waals surface area contributed by atoms with Crippen LogP contribution in [0.2, 0.25) is 0 Å². The normalized spacial score (nSPS) is 24.3. The third kappa shape index (κ3) is 1.27. The van der Waals surface area contributed by atoms with Gasteiger partial charge in [0.2, 0.25) is 0 Å². The lowest BCUT2D eigenvalue weighted by Gasteiger charge is -2.11. The molecule has 0 bridgehead atoms. The largest absolute Gasteiger partial charge is 0.383 e. The van der Waals surface area contributed by atoms with Crippen LogP contribution in [0.4, 0.5) is 0 Å². The van der Waals surface area contributed by atoms with Gasteiger partial charge in [-0.3, -0.25) is 4.79 Å². The molecule has 10 heavy (non-hydrogen) atoms. The van der Waals surface area contributed by atoms with Gasteiger partial charge in [-0.25, -0.2) is 4.99 Å². The lowest BCUT2D eigenvalue weighted by atomic mass is 10.3. The second kappa shape index (κ2) is 2.70. The lowest BCUT2D eigenvalue weighted by molar-refractivity contribution is -0.104. The van der Waals surface area contributed by atoms with Crippen LogP contribution in [0.5, 0.6) is 0 Å². The molecule has 1 heterocycles. The zero-order chi connectivity index (χ0) is 7.56. The third-order valence-corrected chi connectivity index (χ3v) is 1.28. The smallest absolute Gasteiger partial charge is 0.197 e. The van der Waals surface area contributed by atoms with Crippen molar-refractivity contribution >= 4 is 23.7 Å². The number of rotatable bonds is 1. The van der Waals surface area contributed by atoms with E-state index in [1.165, 1.54) is 6.20 Å². The van der Waals surface area contributed by atoms with Crippen molar-refractivity contribution in [1.29, 1.82) is 0 Å². The summed E-state index contributed by atoms with van der Waals surface area (Å²) in [5.74, 6) is 0.175. The molecule has 0 aliphatic carbocycles. The second-order valence-electron chi connectivity index (χ2n) is 1.73. The monoisotopic (exact) mass is 159 g/mol. The highest BCUT2D eigenvalue weighted by atomic mass is 35.5. The lowest BCUT2D eigenvalue weighted by Crippen LogP contribution is -2.29. The number of hydrogen-bond donors (Lipinski definition) is 2. The van der Waals surface area contributed by atoms with Crippen molar-refractivity contribution in [1.82, 2.24) is 5.32 Å². The van der Waals surface area contributed by atoms with Crippen LogP contribution in [0.25, 0.3) is 0 Å². The average molecular weight is 160 g/mol. The van der Waals surface area contributed by atoms with Crippen molar-refractivity contribution in [3.05, 3.63) is 11.8 Å². The number of nitrogens with zero attached hydrogens (tertiary/aromatic N) is 1. The van der Waals surface area contributed by atoms with Crippen molar-refractivity contribution in [2.24, 2.45) is 10.7 Å². The summed E-state index contributed by atoms with van der Waals surface area (Å²) >= 11 is 5.49. The van der Waals surface area contributed by atoms with E-state index in [0.29, 0.717) is 11.9 Å². The Labute approximate surface area is 62.8 Å². The second-order valence-corrected chi connectivity index (χ2v) is 2.15. The van der Waals surface area contributed by atoms with Crippen LogP contribution in [-0.2, 0) is 4.79 Å². The molecule has 3 N–H and O–H groups in total. The Kier molecular flexibility index (Phi) is 1.91. The number of amidine groups is 1. The van der Waals surface area contributed by atoms with Crippen LogP contribution < -0.4 is 11.1 Å². The zero-order valence-corrected chi connectivity index (χ0v) is 5.80. The quantitative estimate of drug-likeness (QED) is 0.310. The Morgan fingerprint density at radius 1 is 1.90 bits per heavy atom. The van der Waals surface area contributed by atoms with Gasteiger partial charge in [0.05, 0.1) is 5.57 Å². The van der Waals surface area contributed by atoms with Crippen LogP contribution in [0.3, 0.4) is 0 Å². The Morgan fingerprint density at radius 2 is 2.60 bits per heavy atom. The van der Waals surface area contributed by atoms with Gasteiger partial charge < -0.3 is 11.1 Å². The summed E-state index contributed by atoms with van der Waals surface area (Å²) in [6, 6.07) is 0. The molecule has 1 aliphatic rings. The summed E-state index contributed by atoms with van der Waals surface area (Å²) in [4.78, 5) is 13.8. The predicted molar refractivity (Wildman–Crippen MR) is 38.5 cm³/mol. The van der Waals surface area contributed by atoms with E-state index in [9.17, 15) is 4.79 Å². The molecule has 0 spiro atoms. The molecule has 0 amide bonds.